The third-order valence-electron chi connectivity index (χ3n) is 1.41. The topological polar surface area (TPSA) is 18.5 Å². The summed E-state index contributed by atoms with van der Waals surface area (Å²) in [5.74, 6) is 0. The average Bonchev–Trinajstić information content (AvgIpc) is 2.06. The van der Waals surface area contributed by atoms with E-state index in [0.29, 0.717) is 13.2 Å². The summed E-state index contributed by atoms with van der Waals surface area (Å²) in [5.41, 5.74) is 0. The van der Waals surface area contributed by atoms with Crippen LogP contribution in [-0.2, 0) is 9.47 Å². The predicted octanol–water partition coefficient (Wildman–Crippen LogP) is 2.74. The fourth-order valence-corrected chi connectivity index (χ4v) is 0.862. The van der Waals surface area contributed by atoms with Crippen LogP contribution < -0.4 is 0 Å². The molecule has 2 nitrogen and oxygen atoms in total. The molecule has 72 valence electrons. The van der Waals surface area contributed by atoms with Gasteiger partial charge in [0.15, 0.2) is 6.29 Å². The van der Waals surface area contributed by atoms with Gasteiger partial charge < -0.3 is 9.47 Å². The van der Waals surface area contributed by atoms with Crippen LogP contribution in [0.15, 0.2) is 12.2 Å². The van der Waals surface area contributed by atoms with Crippen LogP contribution in [0.4, 0.5) is 0 Å². The molecule has 2 heteroatoms. The molecule has 0 fully saturated rings. The number of rotatable bonds is 7. The van der Waals surface area contributed by atoms with Crippen molar-refractivity contribution in [1.82, 2.24) is 0 Å². The molecule has 12 heavy (non-hydrogen) atoms. The molecule has 0 spiro atoms. The highest BCUT2D eigenvalue weighted by Crippen LogP contribution is 1.99. The molecule has 0 saturated heterocycles. The molecule has 0 aromatic rings. The Labute approximate surface area is 75.6 Å². The van der Waals surface area contributed by atoms with Gasteiger partial charge in [-0.2, -0.15) is 0 Å². The van der Waals surface area contributed by atoms with Crippen LogP contribution in [-0.4, -0.2) is 19.5 Å². The van der Waals surface area contributed by atoms with E-state index >= 15 is 0 Å². The molecule has 0 atom stereocenters. The molecule has 0 aromatic heterocycles. The van der Waals surface area contributed by atoms with Crippen LogP contribution in [0, 0.1) is 0 Å². The minimum absolute atomic E-state index is 0.147. The van der Waals surface area contributed by atoms with Gasteiger partial charge in [-0.1, -0.05) is 19.4 Å². The highest BCUT2D eigenvalue weighted by Gasteiger charge is 2.00. The molecule has 0 bridgehead atoms. The van der Waals surface area contributed by atoms with Crippen LogP contribution in [0.25, 0.3) is 0 Å². The Balaban J connectivity index is 3.60. The lowest BCUT2D eigenvalue weighted by molar-refractivity contribution is -0.104. The van der Waals surface area contributed by atoms with Gasteiger partial charge in [-0.05, 0) is 26.3 Å². The van der Waals surface area contributed by atoms with Crippen molar-refractivity contribution in [2.45, 2.75) is 39.9 Å². The van der Waals surface area contributed by atoms with Gasteiger partial charge in [0.05, 0.1) is 0 Å². The Bertz CT molecular complexity index is 104. The Morgan fingerprint density at radius 1 is 1.08 bits per heavy atom. The van der Waals surface area contributed by atoms with E-state index in [2.05, 4.69) is 13.0 Å². The quantitative estimate of drug-likeness (QED) is 0.434. The van der Waals surface area contributed by atoms with E-state index in [9.17, 15) is 0 Å². The van der Waals surface area contributed by atoms with Crippen molar-refractivity contribution in [3.63, 3.8) is 0 Å². The first-order valence-electron chi connectivity index (χ1n) is 4.74. The highest BCUT2D eigenvalue weighted by atomic mass is 16.7. The fourth-order valence-electron chi connectivity index (χ4n) is 0.862. The first-order valence-corrected chi connectivity index (χ1v) is 4.74. The second-order valence-corrected chi connectivity index (χ2v) is 2.50. The molecule has 0 aliphatic rings. The molecule has 0 aliphatic heterocycles. The summed E-state index contributed by atoms with van der Waals surface area (Å²) in [5, 5.41) is 0. The van der Waals surface area contributed by atoms with E-state index < -0.39 is 0 Å². The molecule has 0 aliphatic carbocycles. The SMILES string of the molecule is CCCC=CC(OCC)OCC. The first-order chi connectivity index (χ1) is 5.85. The summed E-state index contributed by atoms with van der Waals surface area (Å²) < 4.78 is 10.6. The van der Waals surface area contributed by atoms with Crippen molar-refractivity contribution in [2.75, 3.05) is 13.2 Å². The zero-order valence-electron chi connectivity index (χ0n) is 8.38. The van der Waals surface area contributed by atoms with Crippen LogP contribution in [0.3, 0.4) is 0 Å². The van der Waals surface area contributed by atoms with Gasteiger partial charge in [0.1, 0.15) is 0 Å². The maximum atomic E-state index is 5.32. The second kappa shape index (κ2) is 8.75. The maximum Gasteiger partial charge on any atom is 0.176 e. The Morgan fingerprint density at radius 3 is 2.08 bits per heavy atom. The van der Waals surface area contributed by atoms with E-state index in [1.807, 2.05) is 19.9 Å². The molecular formula is C10H20O2. The molecular weight excluding hydrogens is 152 g/mol. The molecule has 0 unspecified atom stereocenters. The van der Waals surface area contributed by atoms with Crippen LogP contribution in [0.5, 0.6) is 0 Å². The molecule has 0 heterocycles. The molecule has 0 amide bonds. The zero-order valence-corrected chi connectivity index (χ0v) is 8.38. The van der Waals surface area contributed by atoms with Crippen molar-refractivity contribution in [3.05, 3.63) is 12.2 Å². The minimum Gasteiger partial charge on any atom is -0.349 e. The second-order valence-electron chi connectivity index (χ2n) is 2.50. The summed E-state index contributed by atoms with van der Waals surface area (Å²) in [6.45, 7) is 7.49. The zero-order chi connectivity index (χ0) is 9.23. The van der Waals surface area contributed by atoms with Gasteiger partial charge in [0, 0.05) is 13.2 Å². The summed E-state index contributed by atoms with van der Waals surface area (Å²) in [7, 11) is 0. The van der Waals surface area contributed by atoms with Crippen LogP contribution in [0.1, 0.15) is 33.6 Å². The smallest absolute Gasteiger partial charge is 0.176 e. The average molecular weight is 172 g/mol. The van der Waals surface area contributed by atoms with Crippen LogP contribution in [0.2, 0.25) is 0 Å². The minimum atomic E-state index is -0.147. The standard InChI is InChI=1S/C10H20O2/c1-4-7-8-9-10(11-5-2)12-6-3/h8-10H,4-7H2,1-3H3. The van der Waals surface area contributed by atoms with Gasteiger partial charge in [-0.3, -0.25) is 0 Å². The lowest BCUT2D eigenvalue weighted by Gasteiger charge is -2.11. The van der Waals surface area contributed by atoms with Gasteiger partial charge in [0.25, 0.3) is 0 Å². The highest BCUT2D eigenvalue weighted by molar-refractivity contribution is 4.84. The Hall–Kier alpha value is -0.340. The van der Waals surface area contributed by atoms with Crippen molar-refractivity contribution < 1.29 is 9.47 Å². The largest absolute Gasteiger partial charge is 0.349 e. The molecule has 0 saturated carbocycles. The fraction of sp³-hybridized carbons (Fsp3) is 0.800. The molecule has 0 aromatic carbocycles. The predicted molar refractivity (Wildman–Crippen MR) is 51.1 cm³/mol. The van der Waals surface area contributed by atoms with Crippen molar-refractivity contribution in [1.29, 1.82) is 0 Å². The molecule has 0 rings (SSSR count). The van der Waals surface area contributed by atoms with Gasteiger partial charge in [-0.25, -0.2) is 0 Å². The van der Waals surface area contributed by atoms with Crippen molar-refractivity contribution in [2.24, 2.45) is 0 Å². The molecule has 0 N–H and O–H groups in total. The Morgan fingerprint density at radius 2 is 1.67 bits per heavy atom. The van der Waals surface area contributed by atoms with E-state index in [0.717, 1.165) is 6.42 Å². The van der Waals surface area contributed by atoms with Crippen LogP contribution >= 0.6 is 0 Å². The van der Waals surface area contributed by atoms with Gasteiger partial charge in [-0.15, -0.1) is 0 Å². The Kier molecular flexibility index (Phi) is 8.51. The first kappa shape index (κ1) is 11.7. The van der Waals surface area contributed by atoms with Gasteiger partial charge >= 0.3 is 0 Å². The lowest BCUT2D eigenvalue weighted by Crippen LogP contribution is -2.13. The number of unbranched alkanes of at least 4 members (excludes halogenated alkanes) is 1. The monoisotopic (exact) mass is 172 g/mol. The van der Waals surface area contributed by atoms with Crippen molar-refractivity contribution >= 4 is 0 Å². The molecule has 0 radical (unpaired) electrons. The summed E-state index contributed by atoms with van der Waals surface area (Å²) in [4.78, 5) is 0. The number of hydrogen-bond acceptors (Lipinski definition) is 2. The third kappa shape index (κ3) is 6.38. The number of allylic oxidation sites excluding steroid dienone is 1. The summed E-state index contributed by atoms with van der Waals surface area (Å²) in [6, 6.07) is 0. The van der Waals surface area contributed by atoms with Crippen molar-refractivity contribution in [3.8, 4) is 0 Å². The number of ether oxygens (including phenoxy) is 2. The maximum absolute atomic E-state index is 5.32. The third-order valence-corrected chi connectivity index (χ3v) is 1.41. The van der Waals surface area contributed by atoms with E-state index in [-0.39, 0.29) is 6.29 Å². The van der Waals surface area contributed by atoms with E-state index in [4.69, 9.17) is 9.47 Å². The van der Waals surface area contributed by atoms with Gasteiger partial charge in [0.2, 0.25) is 0 Å². The lowest BCUT2D eigenvalue weighted by atomic mass is 10.3. The number of hydrogen-bond donors (Lipinski definition) is 0. The normalized spacial score (nSPS) is 11.7. The van der Waals surface area contributed by atoms with E-state index in [1.54, 1.807) is 0 Å². The summed E-state index contributed by atoms with van der Waals surface area (Å²) in [6.07, 6.45) is 6.21. The summed E-state index contributed by atoms with van der Waals surface area (Å²) >= 11 is 0. The van der Waals surface area contributed by atoms with E-state index in [1.165, 1.54) is 6.42 Å².